The highest BCUT2D eigenvalue weighted by Gasteiger charge is 2.13. The molecule has 0 aliphatic carbocycles. The number of anilines is 1. The SMILES string of the molecule is O=C(COC(=O)c1cnc(Cl)c(Cl)c1)Nc1ccc(Oc2ccccc2)cc1. The van der Waals surface area contributed by atoms with Crippen LogP contribution in [-0.4, -0.2) is 23.5 Å². The maximum absolute atomic E-state index is 12.0. The monoisotopic (exact) mass is 416 g/mol. The van der Waals surface area contributed by atoms with Crippen molar-refractivity contribution in [1.29, 1.82) is 0 Å². The molecular formula is C20H14Cl2N2O4. The molecule has 0 saturated carbocycles. The van der Waals surface area contributed by atoms with E-state index in [0.717, 1.165) is 0 Å². The van der Waals surface area contributed by atoms with Crippen molar-refractivity contribution in [2.24, 2.45) is 0 Å². The first kappa shape index (κ1) is 19.7. The van der Waals surface area contributed by atoms with E-state index in [2.05, 4.69) is 10.3 Å². The molecule has 1 N–H and O–H groups in total. The fourth-order valence-corrected chi connectivity index (χ4v) is 2.44. The van der Waals surface area contributed by atoms with Crippen LogP contribution in [0.1, 0.15) is 10.4 Å². The lowest BCUT2D eigenvalue weighted by atomic mass is 10.3. The zero-order chi connectivity index (χ0) is 19.9. The molecule has 0 atom stereocenters. The summed E-state index contributed by atoms with van der Waals surface area (Å²) in [6, 6.07) is 17.5. The van der Waals surface area contributed by atoms with Gasteiger partial charge in [0.05, 0.1) is 10.6 Å². The van der Waals surface area contributed by atoms with Crippen molar-refractivity contribution in [1.82, 2.24) is 4.98 Å². The molecule has 0 spiro atoms. The van der Waals surface area contributed by atoms with Gasteiger partial charge in [-0.15, -0.1) is 0 Å². The summed E-state index contributed by atoms with van der Waals surface area (Å²) < 4.78 is 10.6. The molecule has 3 rings (SSSR count). The third kappa shape index (κ3) is 5.45. The maximum atomic E-state index is 12.0. The lowest BCUT2D eigenvalue weighted by molar-refractivity contribution is -0.119. The molecule has 2 aromatic carbocycles. The van der Waals surface area contributed by atoms with Gasteiger partial charge in [0.2, 0.25) is 0 Å². The van der Waals surface area contributed by atoms with Crippen LogP contribution in [0.3, 0.4) is 0 Å². The standard InChI is InChI=1S/C20H14Cl2N2O4/c21-17-10-13(11-23-19(17)22)20(26)27-12-18(25)24-14-6-8-16(9-7-14)28-15-4-2-1-3-5-15/h1-11H,12H2,(H,24,25). The van der Waals surface area contributed by atoms with E-state index in [4.69, 9.17) is 32.7 Å². The van der Waals surface area contributed by atoms with Gasteiger partial charge in [-0.1, -0.05) is 41.4 Å². The highest BCUT2D eigenvalue weighted by atomic mass is 35.5. The molecule has 0 saturated heterocycles. The number of carbonyl (C=O) groups is 2. The van der Waals surface area contributed by atoms with Gasteiger partial charge in [-0.3, -0.25) is 4.79 Å². The quantitative estimate of drug-likeness (QED) is 0.452. The summed E-state index contributed by atoms with van der Waals surface area (Å²) in [6.07, 6.45) is 1.22. The summed E-state index contributed by atoms with van der Waals surface area (Å²) in [5.41, 5.74) is 0.641. The highest BCUT2D eigenvalue weighted by molar-refractivity contribution is 6.41. The van der Waals surface area contributed by atoms with Crippen LogP contribution in [0.2, 0.25) is 10.2 Å². The fraction of sp³-hybridized carbons (Fsp3) is 0.0500. The van der Waals surface area contributed by atoms with Crippen molar-refractivity contribution in [3.8, 4) is 11.5 Å². The Labute approximate surface area is 171 Å². The van der Waals surface area contributed by atoms with E-state index in [9.17, 15) is 9.59 Å². The summed E-state index contributed by atoms with van der Waals surface area (Å²) in [6.45, 7) is -0.457. The molecule has 0 aliphatic rings. The number of para-hydroxylation sites is 1. The van der Waals surface area contributed by atoms with Crippen LogP contribution < -0.4 is 10.1 Å². The van der Waals surface area contributed by atoms with Crippen LogP contribution in [-0.2, 0) is 9.53 Å². The van der Waals surface area contributed by atoms with Crippen LogP contribution in [0.4, 0.5) is 5.69 Å². The number of nitrogens with one attached hydrogen (secondary N) is 1. The smallest absolute Gasteiger partial charge is 0.340 e. The Bertz CT molecular complexity index is 979. The summed E-state index contributed by atoms with van der Waals surface area (Å²) >= 11 is 11.5. The molecule has 0 bridgehead atoms. The van der Waals surface area contributed by atoms with E-state index in [-0.39, 0.29) is 15.7 Å². The number of benzene rings is 2. The second-order valence-corrected chi connectivity index (χ2v) is 6.33. The van der Waals surface area contributed by atoms with Gasteiger partial charge in [0.25, 0.3) is 5.91 Å². The zero-order valence-electron chi connectivity index (χ0n) is 14.4. The Kier molecular flexibility index (Phi) is 6.47. The molecule has 28 heavy (non-hydrogen) atoms. The molecule has 6 nitrogen and oxygen atoms in total. The van der Waals surface area contributed by atoms with Crippen LogP contribution >= 0.6 is 23.2 Å². The molecule has 0 fully saturated rings. The first-order valence-corrected chi connectivity index (χ1v) is 8.88. The number of halogens is 2. The minimum atomic E-state index is -0.729. The lowest BCUT2D eigenvalue weighted by Crippen LogP contribution is -2.21. The molecule has 0 unspecified atom stereocenters. The van der Waals surface area contributed by atoms with Gasteiger partial charge < -0.3 is 14.8 Å². The summed E-state index contributed by atoms with van der Waals surface area (Å²) in [7, 11) is 0. The van der Waals surface area contributed by atoms with Crippen molar-refractivity contribution in [3.63, 3.8) is 0 Å². The number of ether oxygens (including phenoxy) is 2. The first-order valence-electron chi connectivity index (χ1n) is 8.12. The number of nitrogens with zero attached hydrogens (tertiary/aromatic N) is 1. The van der Waals surface area contributed by atoms with E-state index in [1.807, 2.05) is 30.3 Å². The number of amides is 1. The average Bonchev–Trinajstić information content (AvgIpc) is 2.70. The third-order valence-corrected chi connectivity index (χ3v) is 4.17. The Balaban J connectivity index is 1.50. The number of rotatable bonds is 6. The Morgan fingerprint density at radius 1 is 0.964 bits per heavy atom. The molecule has 0 aliphatic heterocycles. The van der Waals surface area contributed by atoms with Crippen molar-refractivity contribution in [2.45, 2.75) is 0 Å². The predicted molar refractivity (Wildman–Crippen MR) is 106 cm³/mol. The van der Waals surface area contributed by atoms with Gasteiger partial charge in [-0.25, -0.2) is 9.78 Å². The van der Waals surface area contributed by atoms with Gasteiger partial charge in [-0.05, 0) is 42.5 Å². The van der Waals surface area contributed by atoms with E-state index < -0.39 is 18.5 Å². The second kappa shape index (κ2) is 9.21. The minimum Gasteiger partial charge on any atom is -0.457 e. The molecule has 1 aromatic heterocycles. The number of hydrogen-bond donors (Lipinski definition) is 1. The predicted octanol–water partition coefficient (Wildman–Crippen LogP) is 4.98. The van der Waals surface area contributed by atoms with Crippen molar-refractivity contribution < 1.29 is 19.1 Å². The number of esters is 1. The van der Waals surface area contributed by atoms with Crippen LogP contribution in [0, 0.1) is 0 Å². The van der Waals surface area contributed by atoms with Crippen LogP contribution in [0.15, 0.2) is 66.9 Å². The average molecular weight is 417 g/mol. The minimum absolute atomic E-state index is 0.0793. The van der Waals surface area contributed by atoms with E-state index >= 15 is 0 Å². The maximum Gasteiger partial charge on any atom is 0.340 e. The lowest BCUT2D eigenvalue weighted by Gasteiger charge is -2.09. The highest BCUT2D eigenvalue weighted by Crippen LogP contribution is 2.23. The number of carbonyl (C=O) groups excluding carboxylic acids is 2. The van der Waals surface area contributed by atoms with Crippen LogP contribution in [0.25, 0.3) is 0 Å². The van der Waals surface area contributed by atoms with Gasteiger partial charge in [-0.2, -0.15) is 0 Å². The molecule has 1 amide bonds. The topological polar surface area (TPSA) is 77.5 Å². The summed E-state index contributed by atoms with van der Waals surface area (Å²) in [5, 5.41) is 2.83. The molecule has 0 radical (unpaired) electrons. The fourth-order valence-electron chi connectivity index (χ4n) is 2.18. The third-order valence-electron chi connectivity index (χ3n) is 3.48. The van der Waals surface area contributed by atoms with Crippen molar-refractivity contribution in [2.75, 3.05) is 11.9 Å². The molecule has 1 heterocycles. The first-order chi connectivity index (χ1) is 13.5. The molecule has 8 heteroatoms. The summed E-state index contributed by atoms with van der Waals surface area (Å²) in [5.74, 6) is 0.122. The second-order valence-electron chi connectivity index (χ2n) is 5.56. The number of pyridine rings is 1. The molecular weight excluding hydrogens is 403 g/mol. The van der Waals surface area contributed by atoms with Crippen molar-refractivity contribution in [3.05, 3.63) is 82.6 Å². The van der Waals surface area contributed by atoms with E-state index in [1.54, 1.807) is 24.3 Å². The van der Waals surface area contributed by atoms with Crippen molar-refractivity contribution >= 4 is 40.8 Å². The Morgan fingerprint density at radius 2 is 1.64 bits per heavy atom. The van der Waals surface area contributed by atoms with E-state index in [0.29, 0.717) is 17.2 Å². The Hall–Kier alpha value is -3.09. The van der Waals surface area contributed by atoms with Gasteiger partial charge in [0.1, 0.15) is 16.7 Å². The zero-order valence-corrected chi connectivity index (χ0v) is 15.9. The van der Waals surface area contributed by atoms with Gasteiger partial charge >= 0.3 is 5.97 Å². The van der Waals surface area contributed by atoms with Crippen LogP contribution in [0.5, 0.6) is 11.5 Å². The molecule has 142 valence electrons. The largest absolute Gasteiger partial charge is 0.457 e. The number of hydrogen-bond acceptors (Lipinski definition) is 5. The summed E-state index contributed by atoms with van der Waals surface area (Å²) in [4.78, 5) is 27.6. The van der Waals surface area contributed by atoms with Gasteiger partial charge in [0.15, 0.2) is 6.61 Å². The Morgan fingerprint density at radius 3 is 2.32 bits per heavy atom. The number of aromatic nitrogens is 1. The van der Waals surface area contributed by atoms with Gasteiger partial charge in [0, 0.05) is 11.9 Å². The molecule has 3 aromatic rings. The van der Waals surface area contributed by atoms with E-state index in [1.165, 1.54) is 12.3 Å². The normalized spacial score (nSPS) is 10.2.